The Morgan fingerprint density at radius 3 is 2.56 bits per heavy atom. The van der Waals surface area contributed by atoms with Crippen LogP contribution in [0.1, 0.15) is 23.7 Å². The predicted molar refractivity (Wildman–Crippen MR) is 86.8 cm³/mol. The molecule has 0 radical (unpaired) electrons. The topological polar surface area (TPSA) is 96.3 Å². The van der Waals surface area contributed by atoms with E-state index in [0.29, 0.717) is 12.5 Å². The van der Waals surface area contributed by atoms with Gasteiger partial charge in [0.2, 0.25) is 5.78 Å². The zero-order valence-electron chi connectivity index (χ0n) is 13.7. The minimum absolute atomic E-state index is 0.229. The predicted octanol–water partition coefficient (Wildman–Crippen LogP) is 1.08. The highest BCUT2D eigenvalue weighted by molar-refractivity contribution is 6.00. The highest BCUT2D eigenvalue weighted by Crippen LogP contribution is 2.18. The zero-order chi connectivity index (χ0) is 18.7. The van der Waals surface area contributed by atoms with Gasteiger partial charge in [-0.15, -0.1) is 0 Å². The number of nitrogens with zero attached hydrogens (tertiary/aromatic N) is 2. The van der Waals surface area contributed by atoms with Crippen LogP contribution in [0.25, 0.3) is 0 Å². The first-order valence-corrected chi connectivity index (χ1v) is 7.48. The van der Waals surface area contributed by atoms with E-state index in [1.165, 1.54) is 7.05 Å². The molecule has 7 nitrogen and oxygen atoms in total. The fraction of sp³-hybridized carbons (Fsp3) is 0.312. The standard InChI is InChI=1S/C16H17F2N3O4/c1-3-6-21-14(19)13(15(23)20(2)16(21)24)11(22)8-25-12-5-4-9(17)7-10(12)18/h4-5,7H,3,6,8,19H2,1-2H3. The van der Waals surface area contributed by atoms with E-state index >= 15 is 0 Å². The first-order chi connectivity index (χ1) is 11.8. The quantitative estimate of drug-likeness (QED) is 0.784. The summed E-state index contributed by atoms with van der Waals surface area (Å²) in [5.74, 6) is -3.19. The van der Waals surface area contributed by atoms with Gasteiger partial charge in [0.25, 0.3) is 5.56 Å². The van der Waals surface area contributed by atoms with Gasteiger partial charge in [-0.1, -0.05) is 6.92 Å². The van der Waals surface area contributed by atoms with E-state index in [1.54, 1.807) is 6.92 Å². The number of ketones is 1. The Balaban J connectivity index is 2.36. The van der Waals surface area contributed by atoms with Crippen LogP contribution in [-0.2, 0) is 13.6 Å². The van der Waals surface area contributed by atoms with Crippen molar-refractivity contribution in [3.63, 3.8) is 0 Å². The molecule has 9 heteroatoms. The van der Waals surface area contributed by atoms with Gasteiger partial charge in [-0.3, -0.25) is 18.7 Å². The SMILES string of the molecule is CCCn1c(N)c(C(=O)COc2ccc(F)cc2F)c(=O)n(C)c1=O. The lowest BCUT2D eigenvalue weighted by molar-refractivity contribution is 0.0916. The van der Waals surface area contributed by atoms with Gasteiger partial charge in [0.05, 0.1) is 0 Å². The maximum Gasteiger partial charge on any atom is 0.332 e. The van der Waals surface area contributed by atoms with E-state index < -0.39 is 40.8 Å². The molecule has 25 heavy (non-hydrogen) atoms. The van der Waals surface area contributed by atoms with E-state index in [9.17, 15) is 23.2 Å². The molecular formula is C16H17F2N3O4. The normalized spacial score (nSPS) is 10.7. The Hall–Kier alpha value is -2.97. The Morgan fingerprint density at radius 2 is 1.96 bits per heavy atom. The number of hydrogen-bond acceptors (Lipinski definition) is 5. The molecule has 0 unspecified atom stereocenters. The molecule has 1 aromatic heterocycles. The minimum atomic E-state index is -0.982. The van der Waals surface area contributed by atoms with Gasteiger partial charge in [0.1, 0.15) is 17.2 Å². The molecule has 0 amide bonds. The minimum Gasteiger partial charge on any atom is -0.482 e. The molecule has 2 aromatic rings. The van der Waals surface area contributed by atoms with Crippen molar-refractivity contribution < 1.29 is 18.3 Å². The molecule has 0 saturated heterocycles. The summed E-state index contributed by atoms with van der Waals surface area (Å²) in [7, 11) is 1.23. The summed E-state index contributed by atoms with van der Waals surface area (Å²) in [5.41, 5.74) is 3.91. The molecule has 134 valence electrons. The number of ether oxygens (including phenoxy) is 1. The van der Waals surface area contributed by atoms with Crippen molar-refractivity contribution in [2.75, 3.05) is 12.3 Å². The number of hydrogen-bond donors (Lipinski definition) is 1. The van der Waals surface area contributed by atoms with E-state index in [4.69, 9.17) is 10.5 Å². The highest BCUT2D eigenvalue weighted by atomic mass is 19.1. The van der Waals surface area contributed by atoms with Crippen LogP contribution >= 0.6 is 0 Å². The number of benzene rings is 1. The summed E-state index contributed by atoms with van der Waals surface area (Å²) in [4.78, 5) is 36.6. The number of anilines is 1. The largest absolute Gasteiger partial charge is 0.482 e. The molecular weight excluding hydrogens is 336 g/mol. The second-order valence-corrected chi connectivity index (χ2v) is 5.35. The average Bonchev–Trinajstić information content (AvgIpc) is 2.56. The molecule has 2 rings (SSSR count). The van der Waals surface area contributed by atoms with Crippen LogP contribution in [0, 0.1) is 11.6 Å². The van der Waals surface area contributed by atoms with Crippen LogP contribution in [0.5, 0.6) is 5.75 Å². The number of carbonyl (C=O) groups is 1. The molecule has 2 N–H and O–H groups in total. The summed E-state index contributed by atoms with van der Waals surface area (Å²) in [6.07, 6.45) is 0.563. The van der Waals surface area contributed by atoms with Gasteiger partial charge in [-0.25, -0.2) is 13.6 Å². The average molecular weight is 353 g/mol. The summed E-state index contributed by atoms with van der Waals surface area (Å²) in [6, 6.07) is 2.60. The van der Waals surface area contributed by atoms with Gasteiger partial charge in [0, 0.05) is 19.7 Å². The first kappa shape index (κ1) is 18.4. The van der Waals surface area contributed by atoms with Gasteiger partial charge >= 0.3 is 5.69 Å². The van der Waals surface area contributed by atoms with Gasteiger partial charge in [-0.2, -0.15) is 0 Å². The molecule has 0 aliphatic carbocycles. The van der Waals surface area contributed by atoms with E-state index in [-0.39, 0.29) is 18.1 Å². The molecule has 1 heterocycles. The van der Waals surface area contributed by atoms with Crippen molar-refractivity contribution >= 4 is 11.6 Å². The number of carbonyl (C=O) groups excluding carboxylic acids is 1. The molecule has 0 fully saturated rings. The summed E-state index contributed by atoms with van der Waals surface area (Å²) >= 11 is 0. The van der Waals surface area contributed by atoms with Crippen LogP contribution in [0.2, 0.25) is 0 Å². The summed E-state index contributed by atoms with van der Waals surface area (Å²) < 4.78 is 33.3. The lowest BCUT2D eigenvalue weighted by Crippen LogP contribution is -2.43. The van der Waals surface area contributed by atoms with Crippen LogP contribution < -0.4 is 21.7 Å². The van der Waals surface area contributed by atoms with Crippen molar-refractivity contribution in [1.82, 2.24) is 9.13 Å². The molecule has 0 spiro atoms. The number of rotatable bonds is 6. The summed E-state index contributed by atoms with van der Waals surface area (Å²) in [6.45, 7) is 1.34. The number of halogens is 2. The summed E-state index contributed by atoms with van der Waals surface area (Å²) in [5, 5.41) is 0. The van der Waals surface area contributed by atoms with Gasteiger partial charge < -0.3 is 10.5 Å². The van der Waals surface area contributed by atoms with Gasteiger partial charge in [0.15, 0.2) is 18.2 Å². The first-order valence-electron chi connectivity index (χ1n) is 7.48. The second-order valence-electron chi connectivity index (χ2n) is 5.35. The third-order valence-corrected chi connectivity index (χ3v) is 3.56. The number of nitrogen functional groups attached to an aromatic ring is 1. The van der Waals surface area contributed by atoms with Crippen molar-refractivity contribution in [3.8, 4) is 5.75 Å². The smallest absolute Gasteiger partial charge is 0.332 e. The maximum atomic E-state index is 13.5. The highest BCUT2D eigenvalue weighted by Gasteiger charge is 2.22. The molecule has 0 saturated carbocycles. The fourth-order valence-electron chi connectivity index (χ4n) is 2.29. The maximum absolute atomic E-state index is 13.5. The Morgan fingerprint density at radius 1 is 1.28 bits per heavy atom. The molecule has 0 aliphatic rings. The zero-order valence-corrected chi connectivity index (χ0v) is 13.7. The van der Waals surface area contributed by atoms with Crippen molar-refractivity contribution in [2.24, 2.45) is 7.05 Å². The van der Waals surface area contributed by atoms with Crippen molar-refractivity contribution in [2.45, 2.75) is 19.9 Å². The van der Waals surface area contributed by atoms with E-state index in [2.05, 4.69) is 0 Å². The van der Waals surface area contributed by atoms with Crippen LogP contribution in [0.15, 0.2) is 27.8 Å². The number of nitrogens with two attached hydrogens (primary N) is 1. The third kappa shape index (κ3) is 3.59. The Kier molecular flexibility index (Phi) is 5.35. The third-order valence-electron chi connectivity index (χ3n) is 3.56. The molecule has 0 aliphatic heterocycles. The molecule has 0 bridgehead atoms. The monoisotopic (exact) mass is 353 g/mol. The van der Waals surface area contributed by atoms with E-state index in [1.807, 2.05) is 0 Å². The van der Waals surface area contributed by atoms with Crippen LogP contribution in [0.3, 0.4) is 0 Å². The second kappa shape index (κ2) is 7.29. The van der Waals surface area contributed by atoms with Crippen LogP contribution in [0.4, 0.5) is 14.6 Å². The Labute approximate surface area is 141 Å². The Bertz CT molecular complexity index is 934. The van der Waals surface area contributed by atoms with Crippen molar-refractivity contribution in [3.05, 3.63) is 56.2 Å². The van der Waals surface area contributed by atoms with Gasteiger partial charge in [-0.05, 0) is 18.6 Å². The molecule has 1 aromatic carbocycles. The van der Waals surface area contributed by atoms with Crippen LogP contribution in [-0.4, -0.2) is 21.5 Å². The lowest BCUT2D eigenvalue weighted by atomic mass is 10.2. The lowest BCUT2D eigenvalue weighted by Gasteiger charge is -2.14. The fourth-order valence-corrected chi connectivity index (χ4v) is 2.29. The van der Waals surface area contributed by atoms with E-state index in [0.717, 1.165) is 21.3 Å². The van der Waals surface area contributed by atoms with Crippen molar-refractivity contribution in [1.29, 1.82) is 0 Å². The number of aromatic nitrogens is 2. The molecule has 0 atom stereocenters. The number of Topliss-reactive ketones (excluding diaryl/α,β-unsaturated/α-hetero) is 1.